The van der Waals surface area contributed by atoms with Gasteiger partial charge in [0.15, 0.2) is 0 Å². The molecule has 1 aliphatic carbocycles. The molecule has 216 valence electrons. The first kappa shape index (κ1) is 34.0. The normalized spacial score (nSPS) is 19.8. The summed E-state index contributed by atoms with van der Waals surface area (Å²) in [6, 6.07) is 5.16. The van der Waals surface area contributed by atoms with E-state index in [0.717, 1.165) is 0 Å². The monoisotopic (exact) mass is 590 g/mol. The average molecular weight is 591 g/mol. The van der Waals surface area contributed by atoms with Crippen LogP contribution in [0.2, 0.25) is 0 Å². The van der Waals surface area contributed by atoms with Gasteiger partial charge < -0.3 is 35.7 Å². The van der Waals surface area contributed by atoms with Crippen molar-refractivity contribution in [1.29, 1.82) is 0 Å². The Kier molecular flexibility index (Phi) is 12.4. The second-order valence-electron chi connectivity index (χ2n) is 10.4. The van der Waals surface area contributed by atoms with Crippen molar-refractivity contribution in [2.24, 2.45) is 11.8 Å². The van der Waals surface area contributed by atoms with Gasteiger partial charge in [-0.1, -0.05) is 44.2 Å². The molecule has 2 aliphatic rings. The van der Waals surface area contributed by atoms with Crippen LogP contribution < -0.4 is 50.8 Å². The van der Waals surface area contributed by atoms with Gasteiger partial charge in [0.25, 0.3) is 10.8 Å². The number of alkyl carbamates (subject to hydrolysis) is 1. The molecule has 1 saturated heterocycles. The van der Waals surface area contributed by atoms with Crippen LogP contribution in [0.4, 0.5) is 4.79 Å². The van der Waals surface area contributed by atoms with E-state index in [-0.39, 0.29) is 61.5 Å². The quantitative estimate of drug-likeness (QED) is 0.116. The fraction of sp³-hybridized carbons (Fsp3) is 0.600. The maximum absolute atomic E-state index is 13.4. The van der Waals surface area contributed by atoms with Gasteiger partial charge in [-0.2, -0.15) is 0 Å². The van der Waals surface area contributed by atoms with Crippen molar-refractivity contribution in [1.82, 2.24) is 21.3 Å². The van der Waals surface area contributed by atoms with Crippen molar-refractivity contribution in [3.05, 3.63) is 35.9 Å². The molecule has 0 spiro atoms. The first-order valence-corrected chi connectivity index (χ1v) is 14.3. The third-order valence-electron chi connectivity index (χ3n) is 6.62. The molecule has 2 fully saturated rings. The molecular formula is C25H35N4NaO9S. The summed E-state index contributed by atoms with van der Waals surface area (Å²) in [6.07, 6.45) is -0.0309. The largest absolute Gasteiger partial charge is 1.00 e. The minimum atomic E-state index is -5.76. The molecule has 1 saturated carbocycles. The van der Waals surface area contributed by atoms with Crippen LogP contribution in [0, 0.1) is 11.8 Å². The van der Waals surface area contributed by atoms with E-state index < -0.39 is 69.3 Å². The molecule has 0 bridgehead atoms. The number of carbonyl (C=O) groups is 4. The van der Waals surface area contributed by atoms with Gasteiger partial charge in [-0.25, -0.2) is 13.2 Å². The van der Waals surface area contributed by atoms with Gasteiger partial charge in [0, 0.05) is 18.5 Å². The Bertz CT molecular complexity index is 1160. The van der Waals surface area contributed by atoms with Crippen LogP contribution in [0.25, 0.3) is 0 Å². The first-order valence-electron chi connectivity index (χ1n) is 12.8. The van der Waals surface area contributed by atoms with E-state index in [1.165, 1.54) is 0 Å². The summed E-state index contributed by atoms with van der Waals surface area (Å²) in [6.45, 7) is 3.75. The summed E-state index contributed by atoms with van der Waals surface area (Å²) >= 11 is 0. The molecule has 15 heteroatoms. The number of aliphatic hydroxyl groups is 1. The molecule has 1 aromatic carbocycles. The van der Waals surface area contributed by atoms with Crippen molar-refractivity contribution in [2.75, 3.05) is 6.54 Å². The van der Waals surface area contributed by atoms with Crippen LogP contribution in [0.5, 0.6) is 0 Å². The van der Waals surface area contributed by atoms with Gasteiger partial charge in [-0.3, -0.25) is 14.4 Å². The van der Waals surface area contributed by atoms with E-state index in [1.807, 2.05) is 0 Å². The summed E-state index contributed by atoms with van der Waals surface area (Å²) in [5, 5.41) is 20.7. The predicted molar refractivity (Wildman–Crippen MR) is 136 cm³/mol. The first-order chi connectivity index (χ1) is 18.3. The van der Waals surface area contributed by atoms with Gasteiger partial charge in [0.2, 0.25) is 11.8 Å². The maximum atomic E-state index is 13.4. The summed E-state index contributed by atoms with van der Waals surface area (Å²) in [7, 11) is -5.76. The predicted octanol–water partition coefficient (Wildman–Crippen LogP) is -3.15. The van der Waals surface area contributed by atoms with Gasteiger partial charge in [-0.05, 0) is 43.6 Å². The molecule has 1 aliphatic heterocycles. The third kappa shape index (κ3) is 9.14. The Morgan fingerprint density at radius 1 is 1.15 bits per heavy atom. The molecule has 4 amide bonds. The van der Waals surface area contributed by atoms with Crippen molar-refractivity contribution in [3.8, 4) is 0 Å². The topological polar surface area (TPSA) is 203 Å². The van der Waals surface area contributed by atoms with Crippen LogP contribution in [-0.2, 0) is 35.8 Å². The second-order valence-corrected chi connectivity index (χ2v) is 11.9. The van der Waals surface area contributed by atoms with Gasteiger partial charge in [0.05, 0.1) is 6.04 Å². The van der Waals surface area contributed by atoms with Crippen LogP contribution in [-0.4, -0.2) is 71.5 Å². The van der Waals surface area contributed by atoms with Crippen LogP contribution >= 0.6 is 0 Å². The fourth-order valence-electron chi connectivity index (χ4n) is 4.32. The number of hydrogen-bond donors (Lipinski definition) is 5. The van der Waals surface area contributed by atoms with E-state index >= 15 is 0 Å². The molecular weight excluding hydrogens is 555 g/mol. The molecule has 0 aromatic heterocycles. The summed E-state index contributed by atoms with van der Waals surface area (Å²) in [4.78, 5) is 47.4. The van der Waals surface area contributed by atoms with Gasteiger partial charge in [0.1, 0.15) is 22.8 Å². The summed E-state index contributed by atoms with van der Waals surface area (Å²) in [5.41, 5.74) is 0.708. The molecule has 40 heavy (non-hydrogen) atoms. The molecule has 1 aromatic rings. The van der Waals surface area contributed by atoms with Crippen molar-refractivity contribution >= 4 is 33.9 Å². The van der Waals surface area contributed by atoms with E-state index in [4.69, 9.17) is 4.74 Å². The number of carbonyl (C=O) groups excluding carboxylic acids is 4. The van der Waals surface area contributed by atoms with Gasteiger partial charge >= 0.3 is 35.7 Å². The molecule has 4 atom stereocenters. The molecule has 5 N–H and O–H groups in total. The molecule has 0 radical (unpaired) electrons. The fourth-order valence-corrected chi connectivity index (χ4v) is 5.11. The zero-order chi connectivity index (χ0) is 28.8. The summed E-state index contributed by atoms with van der Waals surface area (Å²) in [5.74, 6) is -3.90. The Morgan fingerprint density at radius 3 is 2.33 bits per heavy atom. The number of ether oxygens (including phenoxy) is 1. The van der Waals surface area contributed by atoms with Crippen LogP contribution in [0.3, 0.4) is 0 Å². The SMILES string of the molecule is CC(C)C[C@H](NC(=O)OCc1ccccc1)C(=O)N[C@@H](CC1CCNC1=O)C(O)(C(=O)NC1CC1)S(=O)(=O)[O-].[Na+]. The average Bonchev–Trinajstić information content (AvgIpc) is 3.59. The Morgan fingerprint density at radius 2 is 1.80 bits per heavy atom. The van der Waals surface area contributed by atoms with Gasteiger partial charge in [-0.15, -0.1) is 0 Å². The van der Waals surface area contributed by atoms with Crippen molar-refractivity contribution in [3.63, 3.8) is 0 Å². The van der Waals surface area contributed by atoms with Crippen LogP contribution in [0.15, 0.2) is 30.3 Å². The molecule has 2 unspecified atom stereocenters. The number of benzene rings is 1. The number of nitrogens with one attached hydrogen (secondary N) is 4. The molecule has 13 nitrogen and oxygen atoms in total. The van der Waals surface area contributed by atoms with E-state index in [9.17, 15) is 37.3 Å². The maximum Gasteiger partial charge on any atom is 1.00 e. The Labute approximate surface area is 255 Å². The molecule has 1 heterocycles. The van der Waals surface area contributed by atoms with Crippen molar-refractivity contribution in [2.45, 2.75) is 75.6 Å². The number of hydrogen-bond acceptors (Lipinski definition) is 9. The van der Waals surface area contributed by atoms with Crippen molar-refractivity contribution < 1.29 is 71.5 Å². The Balaban J connectivity index is 0.00000560. The van der Waals surface area contributed by atoms with E-state index in [0.29, 0.717) is 18.4 Å². The minimum Gasteiger partial charge on any atom is -0.745 e. The standard InChI is InChI=1S/C25H36N4O9S.Na/c1-15(2)12-19(28-24(33)38-14-16-6-4-3-5-7-16)22(31)29-20(13-17-10-11-26-21(17)30)25(34,39(35,36)37)23(32)27-18-8-9-18;/h3-7,15,17-20,34H,8-14H2,1-2H3,(H,26,30)(H,27,32)(H,28,33)(H,29,31)(H,35,36,37);/q;+1/p-1/t17?,19-,20-,25?;/m0./s1. The molecule has 3 rings (SSSR count). The zero-order valence-electron chi connectivity index (χ0n) is 22.8. The third-order valence-corrected chi connectivity index (χ3v) is 7.85. The number of rotatable bonds is 13. The van der Waals surface area contributed by atoms with Crippen LogP contribution in [0.1, 0.15) is 51.5 Å². The van der Waals surface area contributed by atoms with E-state index in [2.05, 4.69) is 21.3 Å². The number of amides is 4. The summed E-state index contributed by atoms with van der Waals surface area (Å²) < 4.78 is 42.1. The minimum absolute atomic E-state index is 0. The Hall–Kier alpha value is -2.23. The smallest absolute Gasteiger partial charge is 0.745 e. The second kappa shape index (κ2) is 14.6. The van der Waals surface area contributed by atoms with E-state index in [1.54, 1.807) is 44.2 Å². The zero-order valence-corrected chi connectivity index (χ0v) is 25.7.